The first-order valence-corrected chi connectivity index (χ1v) is 11.4. The highest BCUT2D eigenvalue weighted by Gasteiger charge is 2.19. The van der Waals surface area contributed by atoms with E-state index in [4.69, 9.17) is 32.5 Å². The lowest BCUT2D eigenvalue weighted by atomic mass is 10.1. The predicted octanol–water partition coefficient (Wildman–Crippen LogP) is 1.56. The molecule has 0 spiro atoms. The molecule has 1 heterocycles. The Labute approximate surface area is 205 Å². The van der Waals surface area contributed by atoms with Crippen molar-refractivity contribution in [3.63, 3.8) is 0 Å². The number of benzene rings is 3. The first-order valence-electron chi connectivity index (χ1n) is 10.2. The molecule has 0 aliphatic carbocycles. The highest BCUT2D eigenvalue weighted by molar-refractivity contribution is 5.67. The summed E-state index contributed by atoms with van der Waals surface area (Å²) in [6.45, 7) is 0. The molecule has 0 saturated heterocycles. The molecule has 7 nitrogen and oxygen atoms in total. The second-order valence-electron chi connectivity index (χ2n) is 7.03. The zero-order valence-electron chi connectivity index (χ0n) is 18.9. The van der Waals surface area contributed by atoms with Crippen LogP contribution in [0.4, 0.5) is 0 Å². The maximum Gasteiger partial charge on any atom is 0.362 e. The Morgan fingerprint density at radius 2 is 1.00 bits per heavy atom. The van der Waals surface area contributed by atoms with Gasteiger partial charge in [0.05, 0.1) is 37.5 Å². The van der Waals surface area contributed by atoms with Crippen molar-refractivity contribution in [1.29, 1.82) is 0 Å². The summed E-state index contributed by atoms with van der Waals surface area (Å²) >= 11 is 0. The summed E-state index contributed by atoms with van der Waals surface area (Å²) in [4.78, 5) is 0. The molecule has 1 aromatic heterocycles. The Kier molecular flexibility index (Phi) is 8.81. The van der Waals surface area contributed by atoms with Gasteiger partial charge in [-0.05, 0) is 60.7 Å². The summed E-state index contributed by atoms with van der Waals surface area (Å²) in [6, 6.07) is 29.4. The third-order valence-electron chi connectivity index (χ3n) is 4.67. The van der Waals surface area contributed by atoms with E-state index in [9.17, 15) is 0 Å². The Bertz CT molecular complexity index is 1220. The first kappa shape index (κ1) is 25.7. The third-order valence-corrected chi connectivity index (χ3v) is 4.67. The standard InChI is InChI=1S/C27H21O3.ClHO4/c1-28-24-14-10-22(11-15-24)26-18-21(9-8-20-6-4-3-5-7-20)19-27(30-26)23-12-16-25(29-2)17-13-23;2-1(3,4)5/h3-7,10-19H,1-2H3;(H,2,3,4,5)/q+1;/p-1. The van der Waals surface area contributed by atoms with Gasteiger partial charge in [-0.2, -0.15) is 0 Å². The molecule has 0 unspecified atom stereocenters. The Hall–Kier alpha value is -3.90. The molecule has 3 aromatic carbocycles. The molecule has 0 saturated carbocycles. The van der Waals surface area contributed by atoms with E-state index in [0.717, 1.165) is 45.3 Å². The quantitative estimate of drug-likeness (QED) is 0.313. The molecule has 0 fully saturated rings. The van der Waals surface area contributed by atoms with Crippen molar-refractivity contribution in [2.24, 2.45) is 0 Å². The molecule has 8 heteroatoms. The van der Waals surface area contributed by atoms with Crippen molar-refractivity contribution in [1.82, 2.24) is 0 Å². The molecular weight excluding hydrogens is 472 g/mol. The minimum Gasteiger partial charge on any atom is -0.497 e. The van der Waals surface area contributed by atoms with Gasteiger partial charge >= 0.3 is 11.5 Å². The molecule has 4 aromatic rings. The van der Waals surface area contributed by atoms with Crippen LogP contribution in [0.3, 0.4) is 0 Å². The van der Waals surface area contributed by atoms with Gasteiger partial charge < -0.3 is 9.47 Å². The van der Waals surface area contributed by atoms with Crippen LogP contribution in [0.1, 0.15) is 11.1 Å². The van der Waals surface area contributed by atoms with Gasteiger partial charge in [-0.15, -0.1) is 10.2 Å². The summed E-state index contributed by atoms with van der Waals surface area (Å²) in [5.74, 6) is 9.57. The topological polar surface area (TPSA) is 122 Å². The van der Waals surface area contributed by atoms with Crippen LogP contribution in [-0.4, -0.2) is 14.2 Å². The summed E-state index contributed by atoms with van der Waals surface area (Å²) in [5.41, 5.74) is 3.75. The van der Waals surface area contributed by atoms with Gasteiger partial charge in [-0.25, -0.2) is 23.1 Å². The number of rotatable bonds is 4. The van der Waals surface area contributed by atoms with Crippen LogP contribution in [0.2, 0.25) is 0 Å². The Morgan fingerprint density at radius 3 is 1.40 bits per heavy atom. The number of ether oxygens (including phenoxy) is 2. The van der Waals surface area contributed by atoms with Crippen molar-refractivity contribution < 1.29 is 42.8 Å². The number of halogens is 1. The fourth-order valence-corrected chi connectivity index (χ4v) is 3.03. The maximum absolute atomic E-state index is 8.49. The van der Waals surface area contributed by atoms with Crippen molar-refractivity contribution in [3.05, 3.63) is 102 Å². The van der Waals surface area contributed by atoms with Crippen LogP contribution in [0.25, 0.3) is 22.6 Å². The zero-order chi connectivity index (χ0) is 25.3. The van der Waals surface area contributed by atoms with Crippen LogP contribution in [0.5, 0.6) is 11.5 Å². The minimum absolute atomic E-state index is 0.739. The molecule has 0 aliphatic rings. The molecule has 0 N–H and O–H groups in total. The molecule has 0 bridgehead atoms. The molecule has 178 valence electrons. The van der Waals surface area contributed by atoms with E-state index in [2.05, 4.69) is 11.8 Å². The van der Waals surface area contributed by atoms with E-state index in [0.29, 0.717) is 0 Å². The predicted molar refractivity (Wildman–Crippen MR) is 120 cm³/mol. The van der Waals surface area contributed by atoms with E-state index in [1.807, 2.05) is 91.0 Å². The first-order chi connectivity index (χ1) is 16.7. The van der Waals surface area contributed by atoms with Gasteiger partial charge in [0.1, 0.15) is 11.5 Å². The van der Waals surface area contributed by atoms with E-state index in [1.54, 1.807) is 14.2 Å². The van der Waals surface area contributed by atoms with Crippen molar-refractivity contribution in [3.8, 4) is 46.0 Å². The zero-order valence-corrected chi connectivity index (χ0v) is 19.7. The molecular formula is C27H21ClO7. The molecule has 0 amide bonds. The normalized spacial score (nSPS) is 10.3. The highest BCUT2D eigenvalue weighted by Crippen LogP contribution is 2.30. The largest absolute Gasteiger partial charge is 0.497 e. The molecule has 35 heavy (non-hydrogen) atoms. The maximum atomic E-state index is 8.49. The van der Waals surface area contributed by atoms with Gasteiger partial charge in [-0.1, -0.05) is 30.0 Å². The summed E-state index contributed by atoms with van der Waals surface area (Å²) < 4.78 is 50.7. The summed E-state index contributed by atoms with van der Waals surface area (Å²) in [5, 5.41) is 0. The summed E-state index contributed by atoms with van der Waals surface area (Å²) in [6.07, 6.45) is 0. The Morgan fingerprint density at radius 1 is 0.600 bits per heavy atom. The van der Waals surface area contributed by atoms with Crippen LogP contribution in [0.15, 0.2) is 95.4 Å². The lowest BCUT2D eigenvalue weighted by Crippen LogP contribution is -2.68. The second kappa shape index (κ2) is 12.0. The average molecular weight is 493 g/mol. The summed E-state index contributed by atoms with van der Waals surface area (Å²) in [7, 11) is -1.64. The molecule has 0 aliphatic heterocycles. The van der Waals surface area contributed by atoms with Crippen LogP contribution >= 0.6 is 0 Å². The van der Waals surface area contributed by atoms with Gasteiger partial charge in [0, 0.05) is 11.1 Å². The van der Waals surface area contributed by atoms with Crippen molar-refractivity contribution >= 4 is 0 Å². The number of hydrogen-bond acceptors (Lipinski definition) is 6. The van der Waals surface area contributed by atoms with Crippen LogP contribution < -0.4 is 28.1 Å². The van der Waals surface area contributed by atoms with Crippen LogP contribution in [0, 0.1) is 22.1 Å². The van der Waals surface area contributed by atoms with Gasteiger partial charge in [-0.3, -0.25) is 0 Å². The van der Waals surface area contributed by atoms with Crippen molar-refractivity contribution in [2.45, 2.75) is 0 Å². The third kappa shape index (κ3) is 8.43. The Balaban J connectivity index is 0.000000623. The van der Waals surface area contributed by atoms with E-state index < -0.39 is 10.2 Å². The lowest BCUT2D eigenvalue weighted by molar-refractivity contribution is -2.00. The van der Waals surface area contributed by atoms with Gasteiger partial charge in [0.2, 0.25) is 0 Å². The van der Waals surface area contributed by atoms with E-state index >= 15 is 0 Å². The number of methoxy groups -OCH3 is 2. The molecule has 4 rings (SSSR count). The van der Waals surface area contributed by atoms with Crippen LogP contribution in [-0.2, 0) is 0 Å². The van der Waals surface area contributed by atoms with Gasteiger partial charge in [0.25, 0.3) is 0 Å². The molecule has 0 atom stereocenters. The van der Waals surface area contributed by atoms with Gasteiger partial charge in [0.15, 0.2) is 0 Å². The molecule has 0 radical (unpaired) electrons. The van der Waals surface area contributed by atoms with E-state index in [-0.39, 0.29) is 0 Å². The fraction of sp³-hybridized carbons (Fsp3) is 0.0741. The average Bonchev–Trinajstić information content (AvgIpc) is 2.87. The highest BCUT2D eigenvalue weighted by atomic mass is 35.7. The van der Waals surface area contributed by atoms with E-state index in [1.165, 1.54) is 0 Å². The second-order valence-corrected chi connectivity index (χ2v) is 7.78. The lowest BCUT2D eigenvalue weighted by Gasteiger charge is -2.17. The monoisotopic (exact) mass is 492 g/mol. The fourth-order valence-electron chi connectivity index (χ4n) is 3.03. The minimum atomic E-state index is -4.94. The smallest absolute Gasteiger partial charge is 0.362 e. The SMILES string of the molecule is COc1ccc(-c2cc(C#Cc3ccccc3)cc(-c3ccc(OC)cc3)[o+]2)cc1.[O-][Cl+3]([O-])([O-])[O-]. The van der Waals surface area contributed by atoms with Crippen molar-refractivity contribution in [2.75, 3.05) is 14.2 Å². The number of hydrogen-bond donors (Lipinski definition) is 0.